The Morgan fingerprint density at radius 1 is 1.36 bits per heavy atom. The molecule has 14 heavy (non-hydrogen) atoms. The fraction of sp³-hybridized carbons (Fsp3) is 0.308. The van der Waals surface area contributed by atoms with Gasteiger partial charge in [-0.25, -0.2) is 0 Å². The van der Waals surface area contributed by atoms with Gasteiger partial charge in [-0.05, 0) is 25.5 Å². The first-order valence-electron chi connectivity index (χ1n) is 5.09. The van der Waals surface area contributed by atoms with E-state index in [0.717, 1.165) is 12.1 Å². The van der Waals surface area contributed by atoms with Crippen LogP contribution in [0.3, 0.4) is 0 Å². The van der Waals surface area contributed by atoms with Crippen molar-refractivity contribution >= 4 is 0 Å². The van der Waals surface area contributed by atoms with Crippen molar-refractivity contribution in [3.8, 4) is 0 Å². The Hall–Kier alpha value is -1.37. The Bertz CT molecular complexity index is 298. The summed E-state index contributed by atoms with van der Waals surface area (Å²) >= 11 is 0. The molecule has 1 unspecified atom stereocenters. The quantitative estimate of drug-likeness (QED) is 0.655. The van der Waals surface area contributed by atoms with Crippen LogP contribution in [0, 0.1) is 0 Å². The van der Waals surface area contributed by atoms with Gasteiger partial charge in [-0.3, -0.25) is 4.98 Å². The number of hydrogen-bond donors (Lipinski definition) is 0. The van der Waals surface area contributed by atoms with Crippen molar-refractivity contribution in [3.63, 3.8) is 0 Å². The van der Waals surface area contributed by atoms with Gasteiger partial charge in [0.1, 0.15) is 0 Å². The first kappa shape index (κ1) is 10.7. The first-order chi connectivity index (χ1) is 6.88. The lowest BCUT2D eigenvalue weighted by molar-refractivity contribution is 0.775. The summed E-state index contributed by atoms with van der Waals surface area (Å²) in [5.41, 5.74) is 1.15. The van der Waals surface area contributed by atoms with E-state index in [1.807, 2.05) is 37.4 Å². The van der Waals surface area contributed by atoms with E-state index in [1.165, 1.54) is 0 Å². The van der Waals surface area contributed by atoms with E-state index in [0.29, 0.717) is 5.92 Å². The molecule has 0 aliphatic heterocycles. The van der Waals surface area contributed by atoms with Crippen LogP contribution in [0.4, 0.5) is 0 Å². The summed E-state index contributed by atoms with van der Waals surface area (Å²) in [6.45, 7) is 4.20. The zero-order chi connectivity index (χ0) is 10.2. The molecule has 1 aromatic rings. The second kappa shape index (κ2) is 6.14. The normalized spacial score (nSPS) is 13.9. The first-order valence-corrected chi connectivity index (χ1v) is 5.09. The number of hydrogen-bond acceptors (Lipinski definition) is 1. The number of aromatic nitrogens is 1. The molecular weight excluding hydrogens is 170 g/mol. The highest BCUT2D eigenvalue weighted by atomic mass is 14.7. The molecule has 1 atom stereocenters. The maximum absolute atomic E-state index is 4.35. The molecule has 0 spiro atoms. The summed E-state index contributed by atoms with van der Waals surface area (Å²) in [4.78, 5) is 4.35. The van der Waals surface area contributed by atoms with E-state index >= 15 is 0 Å². The topological polar surface area (TPSA) is 12.9 Å². The summed E-state index contributed by atoms with van der Waals surface area (Å²) in [7, 11) is 0. The molecule has 0 radical (unpaired) electrons. The molecule has 0 saturated heterocycles. The molecule has 0 N–H and O–H groups in total. The van der Waals surface area contributed by atoms with Crippen LogP contribution in [-0.4, -0.2) is 4.98 Å². The standard InChI is InChI=1S/C13H17N/c1-3-5-6-9-12(4-2)13-10-7-8-11-14-13/h3,5-12H,4H2,1-2H3/b5-3-,9-6-. The fourth-order valence-electron chi connectivity index (χ4n) is 1.35. The SMILES string of the molecule is C/C=C\C=C/C(CC)c1ccccn1. The average molecular weight is 187 g/mol. The second-order valence-corrected chi connectivity index (χ2v) is 3.18. The van der Waals surface area contributed by atoms with E-state index in [2.05, 4.69) is 30.1 Å². The van der Waals surface area contributed by atoms with Crippen molar-refractivity contribution in [2.75, 3.05) is 0 Å². The van der Waals surface area contributed by atoms with E-state index in [4.69, 9.17) is 0 Å². The lowest BCUT2D eigenvalue weighted by Crippen LogP contribution is -1.95. The van der Waals surface area contributed by atoms with Crippen LogP contribution >= 0.6 is 0 Å². The van der Waals surface area contributed by atoms with E-state index in [1.54, 1.807) is 0 Å². The predicted octanol–water partition coefficient (Wildman–Crippen LogP) is 3.71. The lowest BCUT2D eigenvalue weighted by atomic mass is 10.0. The molecule has 0 bridgehead atoms. The van der Waals surface area contributed by atoms with Gasteiger partial charge in [0.05, 0.1) is 0 Å². The second-order valence-electron chi connectivity index (χ2n) is 3.18. The third kappa shape index (κ3) is 3.17. The van der Waals surface area contributed by atoms with E-state index in [9.17, 15) is 0 Å². The zero-order valence-corrected chi connectivity index (χ0v) is 8.85. The van der Waals surface area contributed by atoms with Gasteiger partial charge in [-0.15, -0.1) is 0 Å². The maximum atomic E-state index is 4.35. The van der Waals surface area contributed by atoms with Gasteiger partial charge in [-0.1, -0.05) is 37.3 Å². The van der Waals surface area contributed by atoms with Crippen LogP contribution in [0.25, 0.3) is 0 Å². The predicted molar refractivity (Wildman–Crippen MR) is 61.2 cm³/mol. The molecule has 0 aliphatic rings. The monoisotopic (exact) mass is 187 g/mol. The molecular formula is C13H17N. The summed E-state index contributed by atoms with van der Waals surface area (Å²) in [5.74, 6) is 0.437. The smallest absolute Gasteiger partial charge is 0.0472 e. The summed E-state index contributed by atoms with van der Waals surface area (Å²) in [5, 5.41) is 0. The molecule has 0 aromatic carbocycles. The Labute approximate surface area is 86.2 Å². The van der Waals surface area contributed by atoms with Crippen LogP contribution in [0.15, 0.2) is 48.7 Å². The minimum atomic E-state index is 0.437. The van der Waals surface area contributed by atoms with E-state index < -0.39 is 0 Å². The summed E-state index contributed by atoms with van der Waals surface area (Å²) < 4.78 is 0. The molecule has 1 heterocycles. The molecule has 0 aliphatic carbocycles. The highest BCUT2D eigenvalue weighted by molar-refractivity contribution is 5.17. The van der Waals surface area contributed by atoms with Crippen molar-refractivity contribution in [1.82, 2.24) is 4.98 Å². The lowest BCUT2D eigenvalue weighted by Gasteiger charge is -2.07. The minimum absolute atomic E-state index is 0.437. The largest absolute Gasteiger partial charge is 0.261 e. The zero-order valence-electron chi connectivity index (χ0n) is 8.85. The van der Waals surface area contributed by atoms with Gasteiger partial charge < -0.3 is 0 Å². The molecule has 0 fully saturated rings. The number of allylic oxidation sites excluding steroid dienone is 4. The number of pyridine rings is 1. The van der Waals surface area contributed by atoms with E-state index in [-0.39, 0.29) is 0 Å². The van der Waals surface area contributed by atoms with Crippen LogP contribution in [0.5, 0.6) is 0 Å². The fourth-order valence-corrected chi connectivity index (χ4v) is 1.35. The van der Waals surface area contributed by atoms with Crippen molar-refractivity contribution in [1.29, 1.82) is 0 Å². The van der Waals surface area contributed by atoms with Crippen LogP contribution < -0.4 is 0 Å². The Morgan fingerprint density at radius 3 is 2.79 bits per heavy atom. The van der Waals surface area contributed by atoms with Gasteiger partial charge in [0, 0.05) is 17.8 Å². The number of nitrogens with zero attached hydrogens (tertiary/aromatic N) is 1. The Balaban J connectivity index is 2.72. The van der Waals surface area contributed by atoms with Crippen molar-refractivity contribution < 1.29 is 0 Å². The summed E-state index contributed by atoms with van der Waals surface area (Å²) in [6.07, 6.45) is 11.3. The third-order valence-corrected chi connectivity index (χ3v) is 2.15. The van der Waals surface area contributed by atoms with Crippen molar-refractivity contribution in [2.24, 2.45) is 0 Å². The van der Waals surface area contributed by atoms with Gasteiger partial charge >= 0.3 is 0 Å². The van der Waals surface area contributed by atoms with Gasteiger partial charge in [0.15, 0.2) is 0 Å². The molecule has 74 valence electrons. The van der Waals surface area contributed by atoms with Crippen molar-refractivity contribution in [3.05, 3.63) is 54.4 Å². The molecule has 1 aromatic heterocycles. The third-order valence-electron chi connectivity index (χ3n) is 2.15. The van der Waals surface area contributed by atoms with Gasteiger partial charge in [0.25, 0.3) is 0 Å². The summed E-state index contributed by atoms with van der Waals surface area (Å²) in [6, 6.07) is 6.06. The molecule has 1 rings (SSSR count). The average Bonchev–Trinajstić information content (AvgIpc) is 2.26. The number of rotatable bonds is 4. The molecule has 1 nitrogen and oxygen atoms in total. The highest BCUT2D eigenvalue weighted by Gasteiger charge is 2.04. The Kier molecular flexibility index (Phi) is 4.70. The molecule has 0 saturated carbocycles. The highest BCUT2D eigenvalue weighted by Crippen LogP contribution is 2.17. The minimum Gasteiger partial charge on any atom is -0.261 e. The van der Waals surface area contributed by atoms with Crippen LogP contribution in [-0.2, 0) is 0 Å². The molecule has 1 heteroatoms. The molecule has 0 amide bonds. The van der Waals surface area contributed by atoms with Gasteiger partial charge in [0.2, 0.25) is 0 Å². The van der Waals surface area contributed by atoms with Crippen LogP contribution in [0.1, 0.15) is 31.9 Å². The Morgan fingerprint density at radius 2 is 2.21 bits per heavy atom. The van der Waals surface area contributed by atoms with Gasteiger partial charge in [-0.2, -0.15) is 0 Å². The van der Waals surface area contributed by atoms with Crippen LogP contribution in [0.2, 0.25) is 0 Å². The maximum Gasteiger partial charge on any atom is 0.0472 e. The van der Waals surface area contributed by atoms with Crippen molar-refractivity contribution in [2.45, 2.75) is 26.2 Å².